The third-order valence-electron chi connectivity index (χ3n) is 2.23. The van der Waals surface area contributed by atoms with Crippen molar-refractivity contribution in [2.24, 2.45) is 0 Å². The number of carbonyl (C=O) groups excluding carboxylic acids is 1. The van der Waals surface area contributed by atoms with Crippen LogP contribution in [0.4, 0.5) is 0 Å². The zero-order valence-electron chi connectivity index (χ0n) is 9.81. The first-order chi connectivity index (χ1) is 9.08. The van der Waals surface area contributed by atoms with E-state index in [1.54, 1.807) is 24.3 Å². The van der Waals surface area contributed by atoms with Gasteiger partial charge in [-0.05, 0) is 29.7 Å². The van der Waals surface area contributed by atoms with Crippen molar-refractivity contribution >= 4 is 33.3 Å². The van der Waals surface area contributed by atoms with Gasteiger partial charge in [-0.15, -0.1) is 11.3 Å². The summed E-state index contributed by atoms with van der Waals surface area (Å²) in [6.07, 6.45) is 2.77. The topological polar surface area (TPSA) is 63.2 Å². The minimum Gasteiger partial charge on any atom is -0.269 e. The standard InChI is InChI=1S/C13H11NO3S2/c15-13(9-8-11-5-4-10-18-11)14-19(16,17)12-6-2-1-3-7-12/h1-10H,(H,14,15)/b9-8+. The van der Waals surface area contributed by atoms with Crippen molar-refractivity contribution in [1.29, 1.82) is 0 Å². The van der Waals surface area contributed by atoms with Crippen LogP contribution < -0.4 is 4.72 Å². The van der Waals surface area contributed by atoms with Crippen LogP contribution in [0.25, 0.3) is 6.08 Å². The van der Waals surface area contributed by atoms with Crippen LogP contribution in [-0.4, -0.2) is 14.3 Å². The molecule has 1 heterocycles. The predicted octanol–water partition coefficient (Wildman–Crippen LogP) is 2.27. The van der Waals surface area contributed by atoms with E-state index in [4.69, 9.17) is 0 Å². The van der Waals surface area contributed by atoms with Gasteiger partial charge in [0, 0.05) is 11.0 Å². The van der Waals surface area contributed by atoms with E-state index in [0.717, 1.165) is 4.88 Å². The predicted molar refractivity (Wildman–Crippen MR) is 75.1 cm³/mol. The van der Waals surface area contributed by atoms with Crippen LogP contribution in [-0.2, 0) is 14.8 Å². The van der Waals surface area contributed by atoms with E-state index in [1.807, 2.05) is 22.2 Å². The highest BCUT2D eigenvalue weighted by molar-refractivity contribution is 7.90. The molecule has 2 aromatic rings. The van der Waals surface area contributed by atoms with Gasteiger partial charge in [0.05, 0.1) is 4.90 Å². The third-order valence-corrected chi connectivity index (χ3v) is 4.43. The molecule has 1 aromatic carbocycles. The van der Waals surface area contributed by atoms with E-state index >= 15 is 0 Å². The van der Waals surface area contributed by atoms with Crippen LogP contribution >= 0.6 is 11.3 Å². The van der Waals surface area contributed by atoms with Crippen molar-refractivity contribution in [1.82, 2.24) is 4.72 Å². The van der Waals surface area contributed by atoms with Crippen LogP contribution in [0.3, 0.4) is 0 Å². The van der Waals surface area contributed by atoms with Gasteiger partial charge in [-0.2, -0.15) is 0 Å². The largest absolute Gasteiger partial charge is 0.269 e. The lowest BCUT2D eigenvalue weighted by molar-refractivity contribution is -0.114. The van der Waals surface area contributed by atoms with Crippen molar-refractivity contribution in [3.8, 4) is 0 Å². The zero-order chi connectivity index (χ0) is 13.7. The highest BCUT2D eigenvalue weighted by Crippen LogP contribution is 2.10. The first-order valence-corrected chi connectivity index (χ1v) is 7.78. The number of amides is 1. The summed E-state index contributed by atoms with van der Waals surface area (Å²) in [6.45, 7) is 0. The summed E-state index contributed by atoms with van der Waals surface area (Å²) >= 11 is 1.46. The molecule has 98 valence electrons. The molecule has 1 aromatic heterocycles. The monoisotopic (exact) mass is 293 g/mol. The first kappa shape index (κ1) is 13.5. The molecule has 1 N–H and O–H groups in total. The Bertz CT molecular complexity index is 674. The highest BCUT2D eigenvalue weighted by atomic mass is 32.2. The Kier molecular flexibility index (Phi) is 4.13. The molecule has 0 unspecified atom stereocenters. The second-order valence-corrected chi connectivity index (χ2v) is 6.29. The average molecular weight is 293 g/mol. The summed E-state index contributed by atoms with van der Waals surface area (Å²) in [6, 6.07) is 11.4. The Morgan fingerprint density at radius 1 is 1.11 bits per heavy atom. The number of thiophene rings is 1. The van der Waals surface area contributed by atoms with E-state index in [2.05, 4.69) is 0 Å². The first-order valence-electron chi connectivity index (χ1n) is 5.41. The maximum absolute atomic E-state index is 11.8. The fourth-order valence-electron chi connectivity index (χ4n) is 1.37. The van der Waals surface area contributed by atoms with Crippen LogP contribution in [0.1, 0.15) is 4.88 Å². The maximum atomic E-state index is 11.8. The number of benzene rings is 1. The van der Waals surface area contributed by atoms with Crippen molar-refractivity contribution < 1.29 is 13.2 Å². The van der Waals surface area contributed by atoms with Crippen LogP contribution in [0.2, 0.25) is 0 Å². The molecule has 0 saturated heterocycles. The quantitative estimate of drug-likeness (QED) is 0.880. The van der Waals surface area contributed by atoms with Crippen molar-refractivity contribution in [2.45, 2.75) is 4.90 Å². The molecule has 0 fully saturated rings. The minimum absolute atomic E-state index is 0.0628. The van der Waals surface area contributed by atoms with Gasteiger partial charge in [-0.3, -0.25) is 4.79 Å². The van der Waals surface area contributed by atoms with Gasteiger partial charge in [0.25, 0.3) is 15.9 Å². The fraction of sp³-hybridized carbons (Fsp3) is 0. The Morgan fingerprint density at radius 3 is 2.47 bits per heavy atom. The Labute approximate surface area is 115 Å². The molecule has 0 aliphatic carbocycles. The third kappa shape index (κ3) is 3.77. The summed E-state index contributed by atoms with van der Waals surface area (Å²) in [4.78, 5) is 12.5. The van der Waals surface area contributed by atoms with Gasteiger partial charge in [0.15, 0.2) is 0 Å². The molecule has 0 radical (unpaired) electrons. The number of hydrogen-bond donors (Lipinski definition) is 1. The van der Waals surface area contributed by atoms with Crippen LogP contribution in [0, 0.1) is 0 Å². The summed E-state index contributed by atoms with van der Waals surface area (Å²) in [7, 11) is -3.80. The lowest BCUT2D eigenvalue weighted by atomic mass is 10.4. The van der Waals surface area contributed by atoms with Gasteiger partial charge in [0.1, 0.15) is 0 Å². The smallest absolute Gasteiger partial charge is 0.264 e. The Balaban J connectivity index is 2.07. The summed E-state index contributed by atoms with van der Waals surface area (Å²) in [5.41, 5.74) is 0. The molecule has 2 rings (SSSR count). The summed E-state index contributed by atoms with van der Waals surface area (Å²) in [5, 5.41) is 1.87. The SMILES string of the molecule is O=C(/C=C/c1cccs1)NS(=O)(=O)c1ccccc1. The molecule has 0 saturated carbocycles. The van der Waals surface area contributed by atoms with Crippen LogP contribution in [0.5, 0.6) is 0 Å². The highest BCUT2D eigenvalue weighted by Gasteiger charge is 2.15. The fourth-order valence-corrected chi connectivity index (χ4v) is 2.95. The van der Waals surface area contributed by atoms with Crippen molar-refractivity contribution in [3.63, 3.8) is 0 Å². The van der Waals surface area contributed by atoms with E-state index in [0.29, 0.717) is 0 Å². The lowest BCUT2D eigenvalue weighted by Gasteiger charge is -2.03. The molecule has 0 bridgehead atoms. The molecule has 19 heavy (non-hydrogen) atoms. The van der Waals surface area contributed by atoms with Crippen molar-refractivity contribution in [2.75, 3.05) is 0 Å². The molecule has 6 heteroatoms. The minimum atomic E-state index is -3.80. The van der Waals surface area contributed by atoms with E-state index < -0.39 is 15.9 Å². The summed E-state index contributed by atoms with van der Waals surface area (Å²) < 4.78 is 25.7. The molecule has 0 atom stereocenters. The van der Waals surface area contributed by atoms with Crippen LogP contribution in [0.15, 0.2) is 58.8 Å². The second kappa shape index (κ2) is 5.81. The maximum Gasteiger partial charge on any atom is 0.264 e. The molecular formula is C13H11NO3S2. The van der Waals surface area contributed by atoms with E-state index in [1.165, 1.54) is 29.5 Å². The van der Waals surface area contributed by atoms with Gasteiger partial charge in [0.2, 0.25) is 0 Å². The number of hydrogen-bond acceptors (Lipinski definition) is 4. The average Bonchev–Trinajstić information content (AvgIpc) is 2.90. The number of sulfonamides is 1. The number of nitrogens with one attached hydrogen (secondary N) is 1. The van der Waals surface area contributed by atoms with E-state index in [-0.39, 0.29) is 4.90 Å². The second-order valence-electron chi connectivity index (χ2n) is 3.63. The Morgan fingerprint density at radius 2 is 1.84 bits per heavy atom. The van der Waals surface area contributed by atoms with Crippen molar-refractivity contribution in [3.05, 3.63) is 58.8 Å². The van der Waals surface area contributed by atoms with Gasteiger partial charge < -0.3 is 0 Å². The normalized spacial score (nSPS) is 11.6. The van der Waals surface area contributed by atoms with Gasteiger partial charge in [-0.25, -0.2) is 13.1 Å². The lowest BCUT2D eigenvalue weighted by Crippen LogP contribution is -2.28. The molecular weight excluding hydrogens is 282 g/mol. The molecule has 4 nitrogen and oxygen atoms in total. The zero-order valence-corrected chi connectivity index (χ0v) is 11.4. The molecule has 1 amide bonds. The number of rotatable bonds is 4. The molecule has 0 aliphatic heterocycles. The number of carbonyl (C=O) groups is 1. The van der Waals surface area contributed by atoms with Gasteiger partial charge in [-0.1, -0.05) is 24.3 Å². The Hall–Kier alpha value is -1.92. The molecule has 0 aliphatic rings. The van der Waals surface area contributed by atoms with Gasteiger partial charge >= 0.3 is 0 Å². The van der Waals surface area contributed by atoms with E-state index in [9.17, 15) is 13.2 Å². The summed E-state index contributed by atoms with van der Waals surface area (Å²) in [5.74, 6) is -0.669. The molecule has 0 spiro atoms.